The first-order chi connectivity index (χ1) is 17.6. The molecule has 0 bridgehead atoms. The van der Waals surface area contributed by atoms with Crippen LogP contribution < -0.4 is 10.2 Å². The summed E-state index contributed by atoms with van der Waals surface area (Å²) >= 11 is 0. The van der Waals surface area contributed by atoms with Crippen LogP contribution >= 0.6 is 0 Å². The van der Waals surface area contributed by atoms with Crippen LogP contribution in [0, 0.1) is 5.92 Å². The topological polar surface area (TPSA) is 96.8 Å². The number of carbonyl (C=O) groups excluding carboxylic acids is 3. The number of nitrogens with one attached hydrogen (secondary N) is 1. The molecule has 2 amide bonds. The predicted molar refractivity (Wildman–Crippen MR) is 141 cm³/mol. The van der Waals surface area contributed by atoms with Gasteiger partial charge in [-0.05, 0) is 71.1 Å². The van der Waals surface area contributed by atoms with E-state index in [-0.39, 0.29) is 29.6 Å². The summed E-state index contributed by atoms with van der Waals surface area (Å²) in [6, 6.07) is 6.90. The molecule has 1 aliphatic carbocycles. The molecule has 1 unspecified atom stereocenters. The Balaban J connectivity index is 1.19. The average molecular weight is 510 g/mol. The van der Waals surface area contributed by atoms with E-state index in [4.69, 9.17) is 4.74 Å². The summed E-state index contributed by atoms with van der Waals surface area (Å²) in [6.45, 7) is 9.71. The van der Waals surface area contributed by atoms with Crippen molar-refractivity contribution in [2.45, 2.75) is 76.9 Å². The number of hydrogen-bond donors (Lipinski definition) is 1. The third-order valence-electron chi connectivity index (χ3n) is 8.07. The van der Waals surface area contributed by atoms with Crippen LogP contribution in [0.2, 0.25) is 0 Å². The number of rotatable bonds is 4. The largest absolute Gasteiger partial charge is 0.460 e. The van der Waals surface area contributed by atoms with Gasteiger partial charge in [-0.15, -0.1) is 0 Å². The number of piperazine rings is 1. The number of nitrogens with zero attached hydrogens (tertiary/aromatic N) is 4. The van der Waals surface area contributed by atoms with Gasteiger partial charge < -0.3 is 9.64 Å². The second-order valence-corrected chi connectivity index (χ2v) is 11.8. The molecule has 3 fully saturated rings. The summed E-state index contributed by atoms with van der Waals surface area (Å²) in [4.78, 5) is 41.4. The third kappa shape index (κ3) is 5.51. The standard InChI is InChI=1S/C28H39N5O4/c1-28(2,3)37-27(36)18-5-7-19(8-6-18)32-13-15-33(16-14-32)20-9-10-21-23(17-20)31(4)30-25(21)22-11-12-24(34)29-26(22)35/h9-10,17-19,22H,5-8,11-16H2,1-4H3,(H,29,34,35)/t18-,19-,22?. The number of amides is 2. The highest BCUT2D eigenvalue weighted by atomic mass is 16.6. The van der Waals surface area contributed by atoms with Gasteiger partial charge in [0, 0.05) is 56.8 Å². The zero-order valence-corrected chi connectivity index (χ0v) is 22.5. The van der Waals surface area contributed by atoms with E-state index in [1.165, 1.54) is 5.69 Å². The number of carbonyl (C=O) groups is 3. The molecular weight excluding hydrogens is 470 g/mol. The van der Waals surface area contributed by atoms with E-state index in [1.54, 1.807) is 0 Å². The number of aryl methyl sites for hydroxylation is 1. The molecule has 2 saturated heterocycles. The molecular formula is C28H39N5O4. The smallest absolute Gasteiger partial charge is 0.309 e. The van der Waals surface area contributed by atoms with Crippen molar-refractivity contribution >= 4 is 34.4 Å². The first kappa shape index (κ1) is 25.7. The molecule has 2 aromatic rings. The van der Waals surface area contributed by atoms with Gasteiger partial charge in [0.15, 0.2) is 0 Å². The van der Waals surface area contributed by atoms with Gasteiger partial charge >= 0.3 is 5.97 Å². The average Bonchev–Trinajstić information content (AvgIpc) is 3.19. The Bertz CT molecular complexity index is 1180. The zero-order chi connectivity index (χ0) is 26.3. The minimum absolute atomic E-state index is 0.0347. The number of aromatic nitrogens is 2. The molecule has 1 aromatic heterocycles. The third-order valence-corrected chi connectivity index (χ3v) is 8.07. The Labute approximate surface area is 218 Å². The highest BCUT2D eigenvalue weighted by Gasteiger charge is 2.34. The summed E-state index contributed by atoms with van der Waals surface area (Å²) in [5.41, 5.74) is 2.49. The van der Waals surface area contributed by atoms with E-state index in [0.717, 1.165) is 68.5 Å². The normalized spacial score (nSPS) is 25.8. The van der Waals surface area contributed by atoms with Crippen LogP contribution in [0.5, 0.6) is 0 Å². The van der Waals surface area contributed by atoms with Gasteiger partial charge in [0.2, 0.25) is 11.8 Å². The van der Waals surface area contributed by atoms with E-state index in [1.807, 2.05) is 32.5 Å². The molecule has 5 rings (SSSR count). The second kappa shape index (κ2) is 10.1. The first-order valence-electron chi connectivity index (χ1n) is 13.6. The van der Waals surface area contributed by atoms with Crippen molar-refractivity contribution in [3.8, 4) is 0 Å². The Morgan fingerprint density at radius 1 is 1.03 bits per heavy atom. The number of anilines is 1. The van der Waals surface area contributed by atoms with Gasteiger partial charge in [0.1, 0.15) is 5.60 Å². The van der Waals surface area contributed by atoms with Gasteiger partial charge in [0.05, 0.1) is 23.0 Å². The number of benzene rings is 1. The molecule has 9 heteroatoms. The highest BCUT2D eigenvalue weighted by molar-refractivity contribution is 6.02. The van der Waals surface area contributed by atoms with Gasteiger partial charge in [-0.25, -0.2) is 0 Å². The molecule has 0 radical (unpaired) electrons. The molecule has 1 saturated carbocycles. The van der Waals surface area contributed by atoms with Crippen LogP contribution in [-0.4, -0.2) is 70.3 Å². The molecule has 37 heavy (non-hydrogen) atoms. The van der Waals surface area contributed by atoms with Crippen LogP contribution in [-0.2, 0) is 26.2 Å². The highest BCUT2D eigenvalue weighted by Crippen LogP contribution is 2.34. The molecule has 9 nitrogen and oxygen atoms in total. The van der Waals surface area contributed by atoms with E-state index in [9.17, 15) is 14.4 Å². The Morgan fingerprint density at radius 3 is 2.38 bits per heavy atom. The Morgan fingerprint density at radius 2 is 1.73 bits per heavy atom. The summed E-state index contributed by atoms with van der Waals surface area (Å²) in [5, 5.41) is 8.09. The van der Waals surface area contributed by atoms with E-state index >= 15 is 0 Å². The molecule has 200 valence electrons. The maximum atomic E-state index is 12.5. The van der Waals surface area contributed by atoms with Crippen molar-refractivity contribution < 1.29 is 19.1 Å². The lowest BCUT2D eigenvalue weighted by Crippen LogP contribution is -2.51. The zero-order valence-electron chi connectivity index (χ0n) is 22.5. The van der Waals surface area contributed by atoms with Gasteiger partial charge in [-0.1, -0.05) is 0 Å². The Kier molecular flexibility index (Phi) is 7.00. The number of hydrogen-bond acceptors (Lipinski definition) is 7. The maximum Gasteiger partial charge on any atom is 0.309 e. The van der Waals surface area contributed by atoms with Crippen molar-refractivity contribution in [1.82, 2.24) is 20.0 Å². The molecule has 1 atom stereocenters. The number of piperidine rings is 1. The number of ether oxygens (including phenoxy) is 1. The second-order valence-electron chi connectivity index (χ2n) is 11.8. The lowest BCUT2D eigenvalue weighted by Gasteiger charge is -2.42. The molecule has 1 N–H and O–H groups in total. The van der Waals surface area contributed by atoms with Crippen molar-refractivity contribution in [1.29, 1.82) is 0 Å². The quantitative estimate of drug-likeness (QED) is 0.500. The summed E-state index contributed by atoms with van der Waals surface area (Å²) in [5.74, 6) is -0.855. The fourth-order valence-corrected chi connectivity index (χ4v) is 6.09. The molecule has 3 aliphatic rings. The van der Waals surface area contributed by atoms with Crippen LogP contribution in [0.15, 0.2) is 18.2 Å². The van der Waals surface area contributed by atoms with E-state index in [2.05, 4.69) is 38.4 Å². The van der Waals surface area contributed by atoms with Gasteiger partial charge in [-0.2, -0.15) is 5.10 Å². The number of imide groups is 1. The van der Waals surface area contributed by atoms with Crippen LogP contribution in [0.3, 0.4) is 0 Å². The minimum atomic E-state index is -0.421. The van der Waals surface area contributed by atoms with E-state index < -0.39 is 5.60 Å². The molecule has 3 heterocycles. The fraction of sp³-hybridized carbons (Fsp3) is 0.643. The van der Waals surface area contributed by atoms with Gasteiger partial charge in [-0.3, -0.25) is 29.3 Å². The van der Waals surface area contributed by atoms with Crippen molar-refractivity contribution in [3.05, 3.63) is 23.9 Å². The summed E-state index contributed by atoms with van der Waals surface area (Å²) < 4.78 is 7.45. The Hall–Kier alpha value is -2.94. The van der Waals surface area contributed by atoms with Crippen molar-refractivity contribution in [3.63, 3.8) is 0 Å². The number of fused-ring (bicyclic) bond motifs is 1. The summed E-state index contributed by atoms with van der Waals surface area (Å²) in [7, 11) is 1.91. The van der Waals surface area contributed by atoms with Crippen molar-refractivity contribution in [2.75, 3.05) is 31.1 Å². The predicted octanol–water partition coefficient (Wildman–Crippen LogP) is 3.12. The molecule has 0 spiro atoms. The number of esters is 1. The van der Waals surface area contributed by atoms with Crippen LogP contribution in [0.4, 0.5) is 5.69 Å². The monoisotopic (exact) mass is 509 g/mol. The van der Waals surface area contributed by atoms with E-state index in [0.29, 0.717) is 18.9 Å². The van der Waals surface area contributed by atoms with Crippen molar-refractivity contribution in [2.24, 2.45) is 13.0 Å². The van der Waals surface area contributed by atoms with Crippen LogP contribution in [0.25, 0.3) is 10.9 Å². The molecule has 2 aliphatic heterocycles. The SMILES string of the molecule is Cn1nc(C2CCC(=O)NC2=O)c2ccc(N3CCN([C@H]4CC[C@H](C(=O)OC(C)(C)C)CC4)CC3)cc21. The molecule has 1 aromatic carbocycles. The lowest BCUT2D eigenvalue weighted by molar-refractivity contribution is -0.161. The summed E-state index contributed by atoms with van der Waals surface area (Å²) in [6.07, 6.45) is 4.76. The maximum absolute atomic E-state index is 12.5. The van der Waals surface area contributed by atoms with Crippen LogP contribution in [0.1, 0.15) is 70.9 Å². The first-order valence-corrected chi connectivity index (χ1v) is 13.6. The minimum Gasteiger partial charge on any atom is -0.460 e. The van der Waals surface area contributed by atoms with Gasteiger partial charge in [0.25, 0.3) is 0 Å². The fourth-order valence-electron chi connectivity index (χ4n) is 6.09. The lowest BCUT2D eigenvalue weighted by atomic mass is 9.85.